The fourth-order valence-corrected chi connectivity index (χ4v) is 4.01. The van der Waals surface area contributed by atoms with E-state index < -0.39 is 6.04 Å². The summed E-state index contributed by atoms with van der Waals surface area (Å²) in [5.41, 5.74) is 1.94. The van der Waals surface area contributed by atoms with Gasteiger partial charge in [0, 0.05) is 26.2 Å². The molecule has 144 valence electrons. The minimum absolute atomic E-state index is 0.0903. The summed E-state index contributed by atoms with van der Waals surface area (Å²) in [5.74, 6) is -0.297. The quantitative estimate of drug-likeness (QED) is 0.706. The second kappa shape index (κ2) is 6.67. The lowest BCUT2D eigenvalue weighted by atomic mass is 10.0. The van der Waals surface area contributed by atoms with Crippen molar-refractivity contribution in [3.63, 3.8) is 0 Å². The van der Waals surface area contributed by atoms with Gasteiger partial charge in [-0.15, -0.1) is 0 Å². The average Bonchev–Trinajstić information content (AvgIpc) is 3.28. The lowest BCUT2D eigenvalue weighted by molar-refractivity contribution is 0.0672. The lowest BCUT2D eigenvalue weighted by Crippen LogP contribution is -2.40. The zero-order chi connectivity index (χ0) is 20.0. The number of imidazole rings is 1. The number of aromatic hydroxyl groups is 1. The molecule has 0 radical (unpaired) electrons. The third-order valence-electron chi connectivity index (χ3n) is 5.48. The number of phenols is 1. The summed E-state index contributed by atoms with van der Waals surface area (Å²) in [6.45, 7) is 0.491. The predicted molar refractivity (Wildman–Crippen MR) is 105 cm³/mol. The van der Waals surface area contributed by atoms with Crippen LogP contribution >= 0.6 is 0 Å². The number of hydrogen-bond donors (Lipinski definition) is 1. The second-order valence-corrected chi connectivity index (χ2v) is 7.14. The van der Waals surface area contributed by atoms with Crippen LogP contribution in [0.5, 0.6) is 5.75 Å². The van der Waals surface area contributed by atoms with E-state index in [-0.39, 0.29) is 23.1 Å². The number of likely N-dealkylation sites (tertiary alicyclic amines) is 1. The van der Waals surface area contributed by atoms with E-state index in [2.05, 4.69) is 0 Å². The number of rotatable bonds is 3. The lowest BCUT2D eigenvalue weighted by Gasteiger charge is -2.24. The first kappa shape index (κ1) is 18.0. The molecule has 4 rings (SSSR count). The van der Waals surface area contributed by atoms with Gasteiger partial charge in [-0.05, 0) is 49.2 Å². The summed E-state index contributed by atoms with van der Waals surface area (Å²) >= 11 is 0. The van der Waals surface area contributed by atoms with Gasteiger partial charge in [0.05, 0.1) is 22.6 Å². The molecule has 1 fully saturated rings. The zero-order valence-electron chi connectivity index (χ0n) is 15.8. The number of para-hydroxylation sites is 1. The summed E-state index contributed by atoms with van der Waals surface area (Å²) in [7, 11) is 3.32. The summed E-state index contributed by atoms with van der Waals surface area (Å²) in [4.78, 5) is 40.2. The van der Waals surface area contributed by atoms with Crippen LogP contribution in [-0.2, 0) is 14.1 Å². The molecule has 1 aliphatic rings. The molecule has 0 aliphatic carbocycles. The summed E-state index contributed by atoms with van der Waals surface area (Å²) in [6, 6.07) is 10.8. The minimum Gasteiger partial charge on any atom is -0.508 e. The van der Waals surface area contributed by atoms with Crippen LogP contribution in [0, 0.1) is 0 Å². The van der Waals surface area contributed by atoms with Crippen LogP contribution in [0.15, 0.2) is 47.3 Å². The largest absolute Gasteiger partial charge is 0.508 e. The van der Waals surface area contributed by atoms with Crippen molar-refractivity contribution in [1.29, 1.82) is 0 Å². The number of carbonyl (C=O) groups is 2. The molecule has 0 saturated carbocycles. The molecule has 0 spiro atoms. The number of hydrogen-bond acceptors (Lipinski definition) is 4. The molecule has 28 heavy (non-hydrogen) atoms. The van der Waals surface area contributed by atoms with E-state index >= 15 is 0 Å². The van der Waals surface area contributed by atoms with Crippen LogP contribution < -0.4 is 5.69 Å². The maximum Gasteiger partial charge on any atom is 0.328 e. The van der Waals surface area contributed by atoms with Gasteiger partial charge < -0.3 is 10.0 Å². The molecule has 1 aromatic heterocycles. The topological polar surface area (TPSA) is 84.5 Å². The molecular formula is C21H21N3O4. The molecule has 7 heteroatoms. The van der Waals surface area contributed by atoms with E-state index in [4.69, 9.17) is 0 Å². The number of ketones is 1. The highest BCUT2D eigenvalue weighted by atomic mass is 16.3. The van der Waals surface area contributed by atoms with E-state index in [1.807, 2.05) is 0 Å². The van der Waals surface area contributed by atoms with Crippen molar-refractivity contribution in [2.75, 3.05) is 6.54 Å². The first-order valence-corrected chi connectivity index (χ1v) is 9.19. The Kier molecular flexibility index (Phi) is 4.30. The van der Waals surface area contributed by atoms with Gasteiger partial charge in [0.1, 0.15) is 5.75 Å². The third-order valence-corrected chi connectivity index (χ3v) is 5.48. The number of fused-ring (bicyclic) bond motifs is 1. The van der Waals surface area contributed by atoms with Gasteiger partial charge in [-0.2, -0.15) is 0 Å². The molecule has 1 saturated heterocycles. The first-order chi connectivity index (χ1) is 13.4. The number of carbonyl (C=O) groups excluding carboxylic acids is 2. The van der Waals surface area contributed by atoms with Gasteiger partial charge in [-0.3, -0.25) is 18.7 Å². The van der Waals surface area contributed by atoms with Gasteiger partial charge >= 0.3 is 5.69 Å². The van der Waals surface area contributed by atoms with Gasteiger partial charge in [-0.25, -0.2) is 4.79 Å². The van der Waals surface area contributed by atoms with Crippen molar-refractivity contribution in [1.82, 2.24) is 14.0 Å². The maximum atomic E-state index is 13.3. The van der Waals surface area contributed by atoms with Gasteiger partial charge in [0.25, 0.3) is 5.91 Å². The number of Topliss-reactive ketones (excluding diaryl/α,β-unsaturated/α-hetero) is 1. The Bertz CT molecular complexity index is 1140. The maximum absolute atomic E-state index is 13.3. The van der Waals surface area contributed by atoms with Crippen LogP contribution in [0.3, 0.4) is 0 Å². The standard InChI is InChI=1S/C21H21N3O4/c1-22-16-6-3-5-15(18(16)23(2)21(22)28)20(27)24-12-4-7-17(24)19(26)13-8-10-14(25)11-9-13/h3,5-6,8-11,17,25H,4,7,12H2,1-2H3. The Morgan fingerprint density at radius 3 is 2.46 bits per heavy atom. The Balaban J connectivity index is 1.73. The van der Waals surface area contributed by atoms with Crippen molar-refractivity contribution in [3.05, 3.63) is 64.1 Å². The van der Waals surface area contributed by atoms with Crippen LogP contribution in [0.1, 0.15) is 33.6 Å². The molecule has 2 aromatic carbocycles. The monoisotopic (exact) mass is 379 g/mol. The van der Waals surface area contributed by atoms with Crippen molar-refractivity contribution in [2.24, 2.45) is 14.1 Å². The molecule has 7 nitrogen and oxygen atoms in total. The minimum atomic E-state index is -0.548. The fourth-order valence-electron chi connectivity index (χ4n) is 4.01. The SMILES string of the molecule is Cn1c(=O)n(C)c2c(C(=O)N3CCCC3C(=O)c3ccc(O)cc3)cccc21. The van der Waals surface area contributed by atoms with Crippen LogP contribution in [-0.4, -0.2) is 43.4 Å². The number of nitrogens with zero attached hydrogens (tertiary/aromatic N) is 3. The molecule has 2 heterocycles. The number of amides is 1. The normalized spacial score (nSPS) is 16.6. The van der Waals surface area contributed by atoms with E-state index in [0.717, 1.165) is 6.42 Å². The second-order valence-electron chi connectivity index (χ2n) is 7.14. The highest BCUT2D eigenvalue weighted by Gasteiger charge is 2.36. The first-order valence-electron chi connectivity index (χ1n) is 9.19. The van der Waals surface area contributed by atoms with Crippen LogP contribution in [0.2, 0.25) is 0 Å². The molecule has 0 bridgehead atoms. The molecule has 1 amide bonds. The third kappa shape index (κ3) is 2.70. The smallest absolute Gasteiger partial charge is 0.328 e. The summed E-state index contributed by atoms with van der Waals surface area (Å²) < 4.78 is 2.98. The molecule has 1 unspecified atom stereocenters. The van der Waals surface area contributed by atoms with Crippen LogP contribution in [0.25, 0.3) is 11.0 Å². The van der Waals surface area contributed by atoms with Crippen molar-refractivity contribution < 1.29 is 14.7 Å². The Labute approximate surface area is 161 Å². The van der Waals surface area contributed by atoms with E-state index in [9.17, 15) is 19.5 Å². The van der Waals surface area contributed by atoms with Gasteiger partial charge in [-0.1, -0.05) is 6.07 Å². The molecular weight excluding hydrogens is 358 g/mol. The highest BCUT2D eigenvalue weighted by Crippen LogP contribution is 2.26. The average molecular weight is 379 g/mol. The number of benzene rings is 2. The zero-order valence-corrected chi connectivity index (χ0v) is 15.8. The van der Waals surface area contributed by atoms with Crippen molar-refractivity contribution in [2.45, 2.75) is 18.9 Å². The summed E-state index contributed by atoms with van der Waals surface area (Å²) in [6.07, 6.45) is 1.33. The number of aryl methyl sites for hydroxylation is 2. The Morgan fingerprint density at radius 1 is 1.04 bits per heavy atom. The molecule has 1 aliphatic heterocycles. The van der Waals surface area contributed by atoms with Gasteiger partial charge in [0.2, 0.25) is 0 Å². The predicted octanol–water partition coefficient (Wildman–Crippen LogP) is 2.07. The summed E-state index contributed by atoms with van der Waals surface area (Å²) in [5, 5.41) is 9.44. The number of phenolic OH excluding ortho intramolecular Hbond substituents is 1. The van der Waals surface area contributed by atoms with Crippen molar-refractivity contribution >= 4 is 22.7 Å². The molecule has 1 atom stereocenters. The number of aromatic nitrogens is 2. The van der Waals surface area contributed by atoms with E-state index in [1.54, 1.807) is 49.3 Å². The van der Waals surface area contributed by atoms with Crippen molar-refractivity contribution in [3.8, 4) is 5.75 Å². The molecule has 1 N–H and O–H groups in total. The highest BCUT2D eigenvalue weighted by molar-refractivity contribution is 6.09. The van der Waals surface area contributed by atoms with E-state index in [0.29, 0.717) is 35.1 Å². The fraction of sp³-hybridized carbons (Fsp3) is 0.286. The Hall–Kier alpha value is -3.35. The van der Waals surface area contributed by atoms with Crippen LogP contribution in [0.4, 0.5) is 0 Å². The Morgan fingerprint density at radius 2 is 1.75 bits per heavy atom. The molecule has 3 aromatic rings. The van der Waals surface area contributed by atoms with E-state index in [1.165, 1.54) is 21.3 Å². The van der Waals surface area contributed by atoms with Gasteiger partial charge in [0.15, 0.2) is 5.78 Å².